The van der Waals surface area contributed by atoms with Crippen LogP contribution in [0.5, 0.6) is 0 Å². The van der Waals surface area contributed by atoms with E-state index in [0.29, 0.717) is 0 Å². The molecule has 0 saturated heterocycles. The van der Waals surface area contributed by atoms with Gasteiger partial charge in [-0.2, -0.15) is 0 Å². The standard InChI is InChI=1S/C11H16N2O5S/c1-8(6-7-14)12-19(17,18)11-5-3-4-10(9(11)2)13(15)16/h3-5,8,12,14H,6-7H2,1-2H3. The zero-order chi connectivity index (χ0) is 14.6. The van der Waals surface area contributed by atoms with Gasteiger partial charge in [0.05, 0.1) is 9.82 Å². The maximum absolute atomic E-state index is 12.1. The van der Waals surface area contributed by atoms with Gasteiger partial charge in [0.2, 0.25) is 10.0 Å². The van der Waals surface area contributed by atoms with E-state index >= 15 is 0 Å². The van der Waals surface area contributed by atoms with Gasteiger partial charge in [-0.3, -0.25) is 10.1 Å². The number of nitro groups is 1. The Labute approximate surface area is 111 Å². The molecule has 1 aromatic carbocycles. The first-order chi connectivity index (χ1) is 8.79. The molecule has 0 amide bonds. The molecule has 0 aromatic heterocycles. The quantitative estimate of drug-likeness (QED) is 0.598. The van der Waals surface area contributed by atoms with Gasteiger partial charge in [-0.25, -0.2) is 13.1 Å². The second kappa shape index (κ2) is 6.09. The van der Waals surface area contributed by atoms with Crippen molar-refractivity contribution in [2.45, 2.75) is 31.2 Å². The van der Waals surface area contributed by atoms with Crippen molar-refractivity contribution in [3.63, 3.8) is 0 Å². The minimum absolute atomic E-state index is 0.0937. The lowest BCUT2D eigenvalue weighted by Gasteiger charge is -2.14. The molecule has 19 heavy (non-hydrogen) atoms. The number of aliphatic hydroxyl groups excluding tert-OH is 1. The molecule has 1 unspecified atom stereocenters. The maximum atomic E-state index is 12.1. The topological polar surface area (TPSA) is 110 Å². The molecule has 8 heteroatoms. The summed E-state index contributed by atoms with van der Waals surface area (Å²) in [6.45, 7) is 2.86. The van der Waals surface area contributed by atoms with Crippen LogP contribution in [0.15, 0.2) is 23.1 Å². The number of sulfonamides is 1. The Hall–Kier alpha value is -1.51. The molecule has 0 fully saturated rings. The molecule has 0 saturated carbocycles. The Morgan fingerprint density at radius 3 is 2.63 bits per heavy atom. The van der Waals surface area contributed by atoms with Crippen molar-refractivity contribution in [3.8, 4) is 0 Å². The molecule has 0 aliphatic carbocycles. The van der Waals surface area contributed by atoms with Crippen LogP contribution < -0.4 is 4.72 Å². The highest BCUT2D eigenvalue weighted by Crippen LogP contribution is 2.24. The average Bonchev–Trinajstić information content (AvgIpc) is 2.27. The summed E-state index contributed by atoms with van der Waals surface area (Å²) in [4.78, 5) is 10.0. The first kappa shape index (κ1) is 15.5. The van der Waals surface area contributed by atoms with Gasteiger partial charge in [-0.1, -0.05) is 6.07 Å². The molecule has 0 aliphatic heterocycles. The lowest BCUT2D eigenvalue weighted by atomic mass is 10.2. The molecule has 1 rings (SSSR count). The van der Waals surface area contributed by atoms with Crippen molar-refractivity contribution < 1.29 is 18.4 Å². The smallest absolute Gasteiger partial charge is 0.273 e. The van der Waals surface area contributed by atoms with Crippen LogP contribution in [-0.2, 0) is 10.0 Å². The van der Waals surface area contributed by atoms with Crippen molar-refractivity contribution >= 4 is 15.7 Å². The minimum atomic E-state index is -3.83. The van der Waals surface area contributed by atoms with E-state index in [1.807, 2.05) is 0 Å². The third-order valence-corrected chi connectivity index (χ3v) is 4.39. The molecule has 7 nitrogen and oxygen atoms in total. The number of benzene rings is 1. The molecule has 1 aromatic rings. The van der Waals surface area contributed by atoms with Crippen LogP contribution in [0.4, 0.5) is 5.69 Å². The molecular weight excluding hydrogens is 272 g/mol. The van der Waals surface area contributed by atoms with Crippen LogP contribution in [0.3, 0.4) is 0 Å². The van der Waals surface area contributed by atoms with Gasteiger partial charge in [0.25, 0.3) is 5.69 Å². The SMILES string of the molecule is Cc1c([N+](=O)[O-])cccc1S(=O)(=O)NC(C)CCO. The predicted octanol–water partition coefficient (Wildman–Crippen LogP) is 0.952. The van der Waals surface area contributed by atoms with Gasteiger partial charge in [0, 0.05) is 24.3 Å². The van der Waals surface area contributed by atoms with E-state index in [4.69, 9.17) is 5.11 Å². The first-order valence-electron chi connectivity index (χ1n) is 5.66. The fourth-order valence-electron chi connectivity index (χ4n) is 1.67. The summed E-state index contributed by atoms with van der Waals surface area (Å²) in [5.74, 6) is 0. The van der Waals surface area contributed by atoms with E-state index < -0.39 is 21.0 Å². The zero-order valence-electron chi connectivity index (χ0n) is 10.7. The lowest BCUT2D eigenvalue weighted by Crippen LogP contribution is -2.33. The van der Waals surface area contributed by atoms with Crippen LogP contribution in [0.2, 0.25) is 0 Å². The fourth-order valence-corrected chi connectivity index (χ4v) is 3.21. The highest BCUT2D eigenvalue weighted by molar-refractivity contribution is 7.89. The molecule has 0 radical (unpaired) electrons. The Balaban J connectivity index is 3.15. The van der Waals surface area contributed by atoms with Gasteiger partial charge in [0.1, 0.15) is 0 Å². The zero-order valence-corrected chi connectivity index (χ0v) is 11.5. The van der Waals surface area contributed by atoms with E-state index in [0.717, 1.165) is 0 Å². The van der Waals surface area contributed by atoms with Gasteiger partial charge in [-0.05, 0) is 26.3 Å². The number of rotatable bonds is 6. The monoisotopic (exact) mass is 288 g/mol. The largest absolute Gasteiger partial charge is 0.396 e. The number of aliphatic hydroxyl groups is 1. The van der Waals surface area contributed by atoms with E-state index in [1.165, 1.54) is 25.1 Å². The third kappa shape index (κ3) is 3.72. The van der Waals surface area contributed by atoms with Crippen molar-refractivity contribution in [1.82, 2.24) is 4.72 Å². The van der Waals surface area contributed by atoms with Crippen LogP contribution in [-0.4, -0.2) is 31.1 Å². The van der Waals surface area contributed by atoms with Crippen LogP contribution in [0.1, 0.15) is 18.9 Å². The highest BCUT2D eigenvalue weighted by Gasteiger charge is 2.23. The van der Waals surface area contributed by atoms with Crippen LogP contribution >= 0.6 is 0 Å². The Morgan fingerprint density at radius 2 is 2.11 bits per heavy atom. The van der Waals surface area contributed by atoms with Gasteiger partial charge >= 0.3 is 0 Å². The van der Waals surface area contributed by atoms with Gasteiger partial charge < -0.3 is 5.11 Å². The predicted molar refractivity (Wildman–Crippen MR) is 69.3 cm³/mol. The normalized spacial score (nSPS) is 13.2. The van der Waals surface area contributed by atoms with E-state index in [2.05, 4.69) is 4.72 Å². The van der Waals surface area contributed by atoms with E-state index in [-0.39, 0.29) is 29.2 Å². The summed E-state index contributed by atoms with van der Waals surface area (Å²) >= 11 is 0. The summed E-state index contributed by atoms with van der Waals surface area (Å²) in [5.41, 5.74) is -0.145. The molecule has 106 valence electrons. The van der Waals surface area contributed by atoms with E-state index in [1.54, 1.807) is 6.92 Å². The summed E-state index contributed by atoms with van der Waals surface area (Å²) in [6.07, 6.45) is 0.271. The molecular formula is C11H16N2O5S. The number of hydrogen-bond acceptors (Lipinski definition) is 5. The first-order valence-corrected chi connectivity index (χ1v) is 7.15. The van der Waals surface area contributed by atoms with E-state index in [9.17, 15) is 18.5 Å². The maximum Gasteiger partial charge on any atom is 0.273 e. The molecule has 0 spiro atoms. The molecule has 1 atom stereocenters. The number of nitrogens with zero attached hydrogens (tertiary/aromatic N) is 1. The minimum Gasteiger partial charge on any atom is -0.396 e. The molecule has 0 bridgehead atoms. The third-order valence-electron chi connectivity index (χ3n) is 2.66. The van der Waals surface area contributed by atoms with Crippen molar-refractivity contribution in [1.29, 1.82) is 0 Å². The van der Waals surface area contributed by atoms with Crippen molar-refractivity contribution in [2.24, 2.45) is 0 Å². The van der Waals surface area contributed by atoms with Crippen LogP contribution in [0, 0.1) is 17.0 Å². The Morgan fingerprint density at radius 1 is 1.47 bits per heavy atom. The average molecular weight is 288 g/mol. The summed E-state index contributed by atoms with van der Waals surface area (Å²) in [7, 11) is -3.83. The van der Waals surface area contributed by atoms with Crippen LogP contribution in [0.25, 0.3) is 0 Å². The summed E-state index contributed by atoms with van der Waals surface area (Å²) in [6, 6.07) is 3.45. The summed E-state index contributed by atoms with van der Waals surface area (Å²) < 4.78 is 26.6. The lowest BCUT2D eigenvalue weighted by molar-refractivity contribution is -0.385. The van der Waals surface area contributed by atoms with Gasteiger partial charge in [0.15, 0.2) is 0 Å². The fraction of sp³-hybridized carbons (Fsp3) is 0.455. The number of nitrogens with one attached hydrogen (secondary N) is 1. The second-order valence-corrected chi connectivity index (χ2v) is 5.87. The molecule has 0 heterocycles. The summed E-state index contributed by atoms with van der Waals surface area (Å²) in [5, 5.41) is 19.5. The second-order valence-electron chi connectivity index (χ2n) is 4.19. The van der Waals surface area contributed by atoms with Gasteiger partial charge in [-0.15, -0.1) is 0 Å². The number of hydrogen-bond donors (Lipinski definition) is 2. The number of nitro benzene ring substituents is 1. The Bertz CT molecular complexity index is 570. The van der Waals surface area contributed by atoms with Crippen molar-refractivity contribution in [2.75, 3.05) is 6.61 Å². The highest BCUT2D eigenvalue weighted by atomic mass is 32.2. The molecule has 2 N–H and O–H groups in total. The van der Waals surface area contributed by atoms with Crippen molar-refractivity contribution in [3.05, 3.63) is 33.9 Å². The Kier molecular flexibility index (Phi) is 4.98. The molecule has 0 aliphatic rings.